The van der Waals surface area contributed by atoms with E-state index in [1.807, 2.05) is 0 Å². The maximum atomic E-state index is 13.4. The largest absolute Gasteiger partial charge is 0.454 e. The first-order valence-corrected chi connectivity index (χ1v) is 9.05. The topological polar surface area (TPSA) is 74.9 Å². The summed E-state index contributed by atoms with van der Waals surface area (Å²) >= 11 is 0. The van der Waals surface area contributed by atoms with Crippen molar-refractivity contribution in [2.45, 2.75) is 18.4 Å². The van der Waals surface area contributed by atoms with Gasteiger partial charge in [-0.05, 0) is 29.3 Å². The van der Waals surface area contributed by atoms with E-state index in [9.17, 15) is 12.3 Å². The molecule has 29 heavy (non-hydrogen) atoms. The van der Waals surface area contributed by atoms with Crippen LogP contribution in [0, 0.1) is 0 Å². The summed E-state index contributed by atoms with van der Waals surface area (Å²) in [6.07, 6.45) is -2.68. The molecule has 0 radical (unpaired) electrons. The number of benzene rings is 2. The van der Waals surface area contributed by atoms with Crippen molar-refractivity contribution in [2.75, 3.05) is 20.3 Å². The summed E-state index contributed by atoms with van der Waals surface area (Å²) in [5, 5.41) is 0.390. The van der Waals surface area contributed by atoms with Gasteiger partial charge in [-0.15, -0.1) is 0 Å². The SMILES string of the molecule is [2H]C1([2H])Oc2ccc([C@]3([2H])c4[nH]c5ccccc5c4C([2H])([2H])[C@]4([2H])C(=O)N(C)CC(=O)N34)cc2O1. The van der Waals surface area contributed by atoms with Crippen molar-refractivity contribution in [2.24, 2.45) is 0 Å². The average Bonchev–Trinajstić information content (AvgIpc) is 3.32. The van der Waals surface area contributed by atoms with Gasteiger partial charge >= 0.3 is 0 Å². The van der Waals surface area contributed by atoms with Gasteiger partial charge in [-0.2, -0.15) is 0 Å². The van der Waals surface area contributed by atoms with Crippen LogP contribution in [0.2, 0.25) is 0 Å². The van der Waals surface area contributed by atoms with Crippen molar-refractivity contribution in [3.63, 3.8) is 0 Å². The first kappa shape index (κ1) is 11.5. The number of hydrogen-bond acceptors (Lipinski definition) is 4. The molecule has 3 aliphatic rings. The number of para-hydroxylation sites is 1. The molecule has 2 aromatic carbocycles. The van der Waals surface area contributed by atoms with Gasteiger partial charge < -0.3 is 24.3 Å². The van der Waals surface area contributed by atoms with Crippen molar-refractivity contribution < 1.29 is 27.3 Å². The summed E-state index contributed by atoms with van der Waals surface area (Å²) in [7, 11) is 1.32. The third-order valence-electron chi connectivity index (χ3n) is 5.32. The highest BCUT2D eigenvalue weighted by Gasteiger charge is 2.47. The normalized spacial score (nSPS) is 34.4. The fourth-order valence-corrected chi connectivity index (χ4v) is 3.98. The Hall–Kier alpha value is -3.48. The monoisotopic (exact) mass is 395 g/mol. The zero-order valence-corrected chi connectivity index (χ0v) is 15.3. The van der Waals surface area contributed by atoms with Gasteiger partial charge in [0, 0.05) is 32.8 Å². The highest BCUT2D eigenvalue weighted by Crippen LogP contribution is 2.44. The minimum Gasteiger partial charge on any atom is -0.454 e. The van der Waals surface area contributed by atoms with Crippen LogP contribution in [0.15, 0.2) is 42.5 Å². The number of carbonyl (C=O) groups excluding carboxylic acids is 2. The Morgan fingerprint density at radius 3 is 2.90 bits per heavy atom. The second-order valence-corrected chi connectivity index (χ2v) is 7.08. The number of carbonyl (C=O) groups is 2. The molecular formula is C22H19N3O4. The maximum absolute atomic E-state index is 13.4. The zero-order chi connectivity index (χ0) is 25.1. The number of piperazine rings is 1. The van der Waals surface area contributed by atoms with Crippen LogP contribution >= 0.6 is 0 Å². The van der Waals surface area contributed by atoms with Crippen LogP contribution in [0.5, 0.6) is 11.5 Å². The molecule has 6 rings (SSSR count). The second-order valence-electron chi connectivity index (χ2n) is 7.08. The summed E-state index contributed by atoms with van der Waals surface area (Å²) in [6.45, 7) is -2.86. The molecule has 1 N–H and O–H groups in total. The molecule has 0 saturated carbocycles. The minimum absolute atomic E-state index is 0.000784. The zero-order valence-electron chi connectivity index (χ0n) is 21.3. The van der Waals surface area contributed by atoms with E-state index >= 15 is 0 Å². The summed E-state index contributed by atoms with van der Waals surface area (Å²) in [5.74, 6) is -1.66. The van der Waals surface area contributed by atoms with Crippen LogP contribution in [0.1, 0.15) is 31.1 Å². The summed E-state index contributed by atoms with van der Waals surface area (Å²) < 4.78 is 62.6. The van der Waals surface area contributed by atoms with E-state index in [1.54, 1.807) is 24.3 Å². The van der Waals surface area contributed by atoms with Gasteiger partial charge in [-0.1, -0.05) is 24.3 Å². The fourth-order valence-electron chi connectivity index (χ4n) is 3.98. The van der Waals surface area contributed by atoms with E-state index in [2.05, 4.69) is 4.98 Å². The number of H-pyrrole nitrogens is 1. The van der Waals surface area contributed by atoms with E-state index in [0.29, 0.717) is 15.8 Å². The first-order valence-electron chi connectivity index (χ1n) is 12.1. The van der Waals surface area contributed by atoms with Crippen molar-refractivity contribution >= 4 is 22.7 Å². The smallest absolute Gasteiger partial charge is 0.245 e. The van der Waals surface area contributed by atoms with Crippen LogP contribution < -0.4 is 9.47 Å². The number of aromatic nitrogens is 1. The lowest BCUT2D eigenvalue weighted by Crippen LogP contribution is -2.62. The number of nitrogens with one attached hydrogen (secondary N) is 1. The molecule has 0 spiro atoms. The predicted octanol–water partition coefficient (Wildman–Crippen LogP) is 2.21. The van der Waals surface area contributed by atoms with Crippen LogP contribution in [-0.2, 0) is 16.0 Å². The summed E-state index contributed by atoms with van der Waals surface area (Å²) in [6, 6.07) is 5.81. The molecule has 3 aromatic rings. The Morgan fingerprint density at radius 1 is 1.17 bits per heavy atom. The molecule has 7 heteroatoms. The molecule has 146 valence electrons. The molecule has 7 nitrogen and oxygen atoms in total. The van der Waals surface area contributed by atoms with E-state index in [1.165, 1.54) is 25.2 Å². The molecule has 1 saturated heterocycles. The molecule has 0 bridgehead atoms. The lowest BCUT2D eigenvalue weighted by molar-refractivity contribution is -0.157. The molecule has 4 heterocycles. The second kappa shape index (κ2) is 5.76. The molecule has 1 aromatic heterocycles. The molecule has 2 atom stereocenters. The fraction of sp³-hybridized carbons (Fsp3) is 0.273. The minimum atomic E-state index is -2.79. The number of nitrogens with zero attached hydrogens (tertiary/aromatic N) is 2. The molecule has 0 aliphatic carbocycles. The van der Waals surface area contributed by atoms with Crippen LogP contribution in [0.3, 0.4) is 0 Å². The quantitative estimate of drug-likeness (QED) is 0.686. The Labute approximate surface area is 175 Å². The molecule has 2 amide bonds. The molecule has 3 aliphatic heterocycles. The Balaban J connectivity index is 1.71. The van der Waals surface area contributed by atoms with Gasteiger partial charge in [0.15, 0.2) is 11.5 Å². The third-order valence-corrected chi connectivity index (χ3v) is 5.32. The van der Waals surface area contributed by atoms with Crippen molar-refractivity contribution in [1.82, 2.24) is 14.8 Å². The number of hydrogen-bond donors (Lipinski definition) is 1. The van der Waals surface area contributed by atoms with Gasteiger partial charge in [0.1, 0.15) is 8.76 Å². The average molecular weight is 395 g/mol. The standard InChI is InChI=1S/C22H19N3O4/c1-24-10-19(26)25-16(22(24)27)9-14-13-4-2-3-5-15(13)23-20(14)21(25)12-6-7-17-18(8-12)29-11-28-17/h2-8,16,21,23H,9-11H2,1H3/t16-,21-/m1/s1/i9D2,11D2,16D,21D. The molecule has 1 fully saturated rings. The lowest BCUT2D eigenvalue weighted by Gasteiger charge is -2.46. The van der Waals surface area contributed by atoms with Gasteiger partial charge in [-0.3, -0.25) is 9.59 Å². The number of aromatic amines is 1. The lowest BCUT2D eigenvalue weighted by atomic mass is 9.86. The van der Waals surface area contributed by atoms with Crippen LogP contribution in [0.25, 0.3) is 10.9 Å². The molecular weight excluding hydrogens is 370 g/mol. The number of rotatable bonds is 1. The number of likely N-dealkylation sites (N-methyl/N-ethyl adjacent to an activating group) is 1. The van der Waals surface area contributed by atoms with Gasteiger partial charge in [0.25, 0.3) is 0 Å². The van der Waals surface area contributed by atoms with E-state index in [0.717, 1.165) is 4.90 Å². The molecule has 0 unspecified atom stereocenters. The summed E-state index contributed by atoms with van der Waals surface area (Å²) in [5.41, 5.74) is 0.493. The van der Waals surface area contributed by atoms with Crippen LogP contribution in [0.4, 0.5) is 0 Å². The predicted molar refractivity (Wildman–Crippen MR) is 105 cm³/mol. The van der Waals surface area contributed by atoms with Crippen molar-refractivity contribution in [3.8, 4) is 11.5 Å². The third kappa shape index (κ3) is 2.24. The van der Waals surface area contributed by atoms with Gasteiger partial charge in [0.05, 0.1) is 15.3 Å². The maximum Gasteiger partial charge on any atom is 0.245 e. The Kier molecular flexibility index (Phi) is 2.29. The van der Waals surface area contributed by atoms with E-state index in [-0.39, 0.29) is 28.3 Å². The van der Waals surface area contributed by atoms with Crippen molar-refractivity contribution in [3.05, 3.63) is 59.3 Å². The van der Waals surface area contributed by atoms with Gasteiger partial charge in [-0.25, -0.2) is 0 Å². The van der Waals surface area contributed by atoms with Crippen molar-refractivity contribution in [1.29, 1.82) is 0 Å². The highest BCUT2D eigenvalue weighted by atomic mass is 16.7. The van der Waals surface area contributed by atoms with E-state index < -0.39 is 43.5 Å². The van der Waals surface area contributed by atoms with E-state index in [4.69, 9.17) is 15.0 Å². The van der Waals surface area contributed by atoms with Crippen LogP contribution in [-0.4, -0.2) is 53.0 Å². The Morgan fingerprint density at radius 2 is 2.00 bits per heavy atom. The number of ether oxygens (including phenoxy) is 2. The number of fused-ring (bicyclic) bond motifs is 5. The first-order chi connectivity index (χ1) is 16.3. The summed E-state index contributed by atoms with van der Waals surface area (Å²) in [4.78, 5) is 31.6. The Bertz CT molecular complexity index is 1460. The highest BCUT2D eigenvalue weighted by molar-refractivity contribution is 5.97. The number of amides is 2. The van der Waals surface area contributed by atoms with Gasteiger partial charge in [0.2, 0.25) is 18.6 Å².